The third kappa shape index (κ3) is 2.98. The zero-order valence-corrected chi connectivity index (χ0v) is 14.4. The minimum atomic E-state index is -0.292. The van der Waals surface area contributed by atoms with Crippen LogP contribution in [0.5, 0.6) is 0 Å². The van der Waals surface area contributed by atoms with Gasteiger partial charge in [0.05, 0.1) is 11.5 Å². The number of hydrogen-bond acceptors (Lipinski definition) is 4. The highest BCUT2D eigenvalue weighted by molar-refractivity contribution is 7.10. The van der Waals surface area contributed by atoms with Gasteiger partial charge in [0.25, 0.3) is 0 Å². The Hall–Kier alpha value is -1.72. The number of pyridine rings is 1. The molecule has 4 nitrogen and oxygen atoms in total. The first-order chi connectivity index (χ1) is 11.8. The van der Waals surface area contributed by atoms with Crippen LogP contribution in [0.2, 0.25) is 0 Å². The van der Waals surface area contributed by atoms with Crippen LogP contribution in [0.1, 0.15) is 42.2 Å². The number of ether oxygens (including phenoxy) is 1. The summed E-state index contributed by atoms with van der Waals surface area (Å²) in [6.07, 6.45) is 7.52. The molecule has 3 heterocycles. The monoisotopic (exact) mass is 342 g/mol. The van der Waals surface area contributed by atoms with Crippen molar-refractivity contribution in [2.75, 3.05) is 13.2 Å². The Bertz CT molecular complexity index is 677. The molecule has 0 radical (unpaired) electrons. The van der Waals surface area contributed by atoms with E-state index in [1.54, 1.807) is 17.5 Å². The molecule has 1 aliphatic heterocycles. The van der Waals surface area contributed by atoms with Gasteiger partial charge in [0.1, 0.15) is 0 Å². The van der Waals surface area contributed by atoms with E-state index >= 15 is 0 Å². The Morgan fingerprint density at radius 1 is 1.29 bits per heavy atom. The van der Waals surface area contributed by atoms with Gasteiger partial charge >= 0.3 is 0 Å². The third-order valence-corrected chi connectivity index (χ3v) is 6.32. The number of carbonyl (C=O) groups is 1. The number of thiophene rings is 1. The predicted octanol–water partition coefficient (Wildman–Crippen LogP) is 3.46. The first-order valence-corrected chi connectivity index (χ1v) is 9.50. The van der Waals surface area contributed by atoms with Crippen molar-refractivity contribution in [3.05, 3.63) is 52.5 Å². The lowest BCUT2D eigenvalue weighted by molar-refractivity contribution is -0.125. The summed E-state index contributed by atoms with van der Waals surface area (Å²) in [6, 6.07) is 8.15. The summed E-state index contributed by atoms with van der Waals surface area (Å²) >= 11 is 1.69. The molecule has 126 valence electrons. The highest BCUT2D eigenvalue weighted by atomic mass is 32.1. The summed E-state index contributed by atoms with van der Waals surface area (Å²) in [6.45, 7) is 1.54. The van der Waals surface area contributed by atoms with Crippen molar-refractivity contribution >= 4 is 17.2 Å². The summed E-state index contributed by atoms with van der Waals surface area (Å²) in [5, 5.41) is 5.42. The van der Waals surface area contributed by atoms with Crippen LogP contribution in [-0.4, -0.2) is 24.1 Å². The van der Waals surface area contributed by atoms with E-state index in [9.17, 15) is 4.79 Å². The maximum atomic E-state index is 13.1. The summed E-state index contributed by atoms with van der Waals surface area (Å²) < 4.78 is 5.50. The van der Waals surface area contributed by atoms with E-state index in [4.69, 9.17) is 4.74 Å². The summed E-state index contributed by atoms with van der Waals surface area (Å²) in [5.74, 6) is 0.580. The SMILES string of the molecule is O=C(NC(c1cccnc1)C1CCOCC1)C1(c2cccs2)CC1. The van der Waals surface area contributed by atoms with Crippen molar-refractivity contribution in [1.29, 1.82) is 0 Å². The molecule has 1 saturated carbocycles. The van der Waals surface area contributed by atoms with Crippen LogP contribution >= 0.6 is 11.3 Å². The topological polar surface area (TPSA) is 51.2 Å². The molecule has 4 rings (SSSR count). The molecule has 5 heteroatoms. The molecule has 1 aliphatic carbocycles. The van der Waals surface area contributed by atoms with Crippen molar-refractivity contribution in [3.8, 4) is 0 Å². The van der Waals surface area contributed by atoms with Gasteiger partial charge in [-0.1, -0.05) is 12.1 Å². The molecule has 24 heavy (non-hydrogen) atoms. The molecule has 1 N–H and O–H groups in total. The predicted molar refractivity (Wildman–Crippen MR) is 93.9 cm³/mol. The molecular weight excluding hydrogens is 320 g/mol. The lowest BCUT2D eigenvalue weighted by Crippen LogP contribution is -2.41. The first-order valence-electron chi connectivity index (χ1n) is 8.62. The van der Waals surface area contributed by atoms with Crippen molar-refractivity contribution in [2.24, 2.45) is 5.92 Å². The Morgan fingerprint density at radius 2 is 2.12 bits per heavy atom. The Labute approximate surface area is 146 Å². The fraction of sp³-hybridized carbons (Fsp3) is 0.474. The molecule has 0 spiro atoms. The molecule has 1 saturated heterocycles. The van der Waals surface area contributed by atoms with E-state index in [0.29, 0.717) is 5.92 Å². The molecule has 2 aliphatic rings. The number of aromatic nitrogens is 1. The highest BCUT2D eigenvalue weighted by Gasteiger charge is 2.52. The largest absolute Gasteiger partial charge is 0.381 e. The molecule has 1 amide bonds. The van der Waals surface area contributed by atoms with Crippen LogP contribution in [-0.2, 0) is 14.9 Å². The van der Waals surface area contributed by atoms with E-state index < -0.39 is 0 Å². The fourth-order valence-electron chi connectivity index (χ4n) is 3.62. The molecule has 0 aromatic carbocycles. The van der Waals surface area contributed by atoms with Gasteiger partial charge in [-0.25, -0.2) is 0 Å². The van der Waals surface area contributed by atoms with Crippen molar-refractivity contribution < 1.29 is 9.53 Å². The van der Waals surface area contributed by atoms with Crippen LogP contribution in [0.15, 0.2) is 42.0 Å². The van der Waals surface area contributed by atoms with Crippen LogP contribution < -0.4 is 5.32 Å². The fourth-order valence-corrected chi connectivity index (χ4v) is 4.61. The molecule has 0 bridgehead atoms. The van der Waals surface area contributed by atoms with Crippen molar-refractivity contribution in [1.82, 2.24) is 10.3 Å². The number of nitrogens with one attached hydrogen (secondary N) is 1. The number of rotatable bonds is 5. The maximum Gasteiger partial charge on any atom is 0.231 e. The minimum Gasteiger partial charge on any atom is -0.381 e. The van der Waals surface area contributed by atoms with Gasteiger partial charge in [-0.15, -0.1) is 11.3 Å². The van der Waals surface area contributed by atoms with Crippen LogP contribution in [0.4, 0.5) is 0 Å². The van der Waals surface area contributed by atoms with Gasteiger partial charge in [0.15, 0.2) is 0 Å². The quantitative estimate of drug-likeness (QED) is 0.905. The highest BCUT2D eigenvalue weighted by Crippen LogP contribution is 2.50. The Morgan fingerprint density at radius 3 is 2.75 bits per heavy atom. The van der Waals surface area contributed by atoms with E-state index in [-0.39, 0.29) is 17.4 Å². The molecule has 2 aromatic rings. The third-order valence-electron chi connectivity index (χ3n) is 5.24. The van der Waals surface area contributed by atoms with Gasteiger partial charge in [0.2, 0.25) is 5.91 Å². The second-order valence-electron chi connectivity index (χ2n) is 6.75. The molecule has 2 aromatic heterocycles. The number of hydrogen-bond donors (Lipinski definition) is 1. The maximum absolute atomic E-state index is 13.1. The van der Waals surface area contributed by atoms with Crippen molar-refractivity contribution in [2.45, 2.75) is 37.1 Å². The van der Waals surface area contributed by atoms with E-state index in [2.05, 4.69) is 27.8 Å². The normalized spacial score (nSPS) is 21.2. The second kappa shape index (κ2) is 6.65. The van der Waals surface area contributed by atoms with Gasteiger partial charge in [0, 0.05) is 30.5 Å². The van der Waals surface area contributed by atoms with Crippen LogP contribution in [0.25, 0.3) is 0 Å². The molecular formula is C19H22N2O2S. The summed E-state index contributed by atoms with van der Waals surface area (Å²) in [7, 11) is 0. The zero-order valence-electron chi connectivity index (χ0n) is 13.6. The van der Waals surface area contributed by atoms with Gasteiger partial charge in [-0.2, -0.15) is 0 Å². The smallest absolute Gasteiger partial charge is 0.231 e. The minimum absolute atomic E-state index is 0.0209. The van der Waals surface area contributed by atoms with Gasteiger partial charge < -0.3 is 10.1 Å². The van der Waals surface area contributed by atoms with E-state index in [1.165, 1.54) is 4.88 Å². The number of carbonyl (C=O) groups excluding carboxylic acids is 1. The Balaban J connectivity index is 1.57. The van der Waals surface area contributed by atoms with Crippen LogP contribution in [0, 0.1) is 5.92 Å². The Kier molecular flexibility index (Phi) is 4.37. The standard InChI is InChI=1S/C19H22N2O2S/c22-18(19(7-8-19)16-4-2-12-24-16)21-17(14-5-10-23-11-6-14)15-3-1-9-20-13-15/h1-4,9,12-14,17H,5-8,10-11H2,(H,21,22). The van der Waals surface area contributed by atoms with Gasteiger partial charge in [-0.3, -0.25) is 9.78 Å². The van der Waals surface area contributed by atoms with Crippen LogP contribution in [0.3, 0.4) is 0 Å². The number of amides is 1. The van der Waals surface area contributed by atoms with Gasteiger partial charge in [-0.05, 0) is 54.7 Å². The molecule has 1 atom stereocenters. The average Bonchev–Trinajstić information content (AvgIpc) is 3.27. The second-order valence-corrected chi connectivity index (χ2v) is 7.69. The van der Waals surface area contributed by atoms with E-state index in [0.717, 1.165) is 44.5 Å². The van der Waals surface area contributed by atoms with E-state index in [1.807, 2.05) is 18.3 Å². The number of nitrogens with zero attached hydrogens (tertiary/aromatic N) is 1. The summed E-state index contributed by atoms with van der Waals surface area (Å²) in [5.41, 5.74) is 0.805. The first kappa shape index (κ1) is 15.8. The summed E-state index contributed by atoms with van der Waals surface area (Å²) in [4.78, 5) is 18.5. The zero-order chi connectivity index (χ0) is 16.4. The lowest BCUT2D eigenvalue weighted by Gasteiger charge is -2.32. The molecule has 1 unspecified atom stereocenters. The lowest BCUT2D eigenvalue weighted by atomic mass is 9.87. The van der Waals surface area contributed by atoms with Crippen molar-refractivity contribution in [3.63, 3.8) is 0 Å². The molecule has 2 fully saturated rings. The average molecular weight is 342 g/mol.